The third-order valence-electron chi connectivity index (χ3n) is 4.06. The highest BCUT2D eigenvalue weighted by Gasteiger charge is 2.52. The van der Waals surface area contributed by atoms with E-state index >= 15 is 0 Å². The molecule has 1 rings (SSSR count). The van der Waals surface area contributed by atoms with Crippen LogP contribution in [-0.2, 0) is 52.4 Å². The summed E-state index contributed by atoms with van der Waals surface area (Å²) in [5, 5.41) is 9.43. The van der Waals surface area contributed by atoms with Crippen molar-refractivity contribution in [1.82, 2.24) is 0 Å². The zero-order valence-corrected chi connectivity index (χ0v) is 21.0. The maximum Gasteiger partial charge on any atom is 0.350 e. The van der Waals surface area contributed by atoms with Gasteiger partial charge in [0.2, 0.25) is 0 Å². The summed E-state index contributed by atoms with van der Waals surface area (Å²) in [5.74, 6) is -3.84. The van der Waals surface area contributed by atoms with E-state index in [1.54, 1.807) is 12.3 Å². The Bertz CT molecular complexity index is 882. The molecule has 12 nitrogen and oxygen atoms in total. The fraction of sp³-hybridized carbons (Fsp3) is 0.600. The number of nitrogens with zero attached hydrogens (tertiary/aromatic N) is 1. The first-order valence-electron chi connectivity index (χ1n) is 9.68. The Morgan fingerprint density at radius 2 is 1.41 bits per heavy atom. The van der Waals surface area contributed by atoms with E-state index in [9.17, 15) is 29.2 Å². The number of carbonyl (C=O) groups excluding carboxylic acids is 5. The average Bonchev–Trinajstić information content (AvgIpc) is 2.74. The minimum Gasteiger partial charge on any atom is -0.465 e. The number of thioether (sulfide) groups is 2. The predicted molar refractivity (Wildman–Crippen MR) is 118 cm³/mol. The van der Waals surface area contributed by atoms with E-state index in [0.29, 0.717) is 0 Å². The van der Waals surface area contributed by atoms with Gasteiger partial charge in [0.15, 0.2) is 23.9 Å². The predicted octanol–water partition coefficient (Wildman–Crippen LogP) is 1.07. The quantitative estimate of drug-likeness (QED) is 0.184. The molecule has 0 saturated carbocycles. The van der Waals surface area contributed by atoms with Crippen molar-refractivity contribution >= 4 is 53.4 Å². The van der Waals surface area contributed by atoms with Crippen molar-refractivity contribution in [2.24, 2.45) is 0 Å². The van der Waals surface area contributed by atoms with Gasteiger partial charge in [0.25, 0.3) is 0 Å². The van der Waals surface area contributed by atoms with E-state index in [-0.39, 0.29) is 9.81 Å². The van der Waals surface area contributed by atoms with Crippen molar-refractivity contribution in [3.05, 3.63) is 9.81 Å². The summed E-state index contributed by atoms with van der Waals surface area (Å²) in [6.45, 7) is 4.09. The SMILES string of the molecule is COC(=O)/C(C#N)=C(\SC)S[C@@H]1O[C@H](COC(C)=O)[C@@H](OC(C)=O)[C@H](OC(C)=O)[C@H]1OC(C)=O. The molecule has 0 aromatic carbocycles. The average molecular weight is 520 g/mol. The van der Waals surface area contributed by atoms with Crippen LogP contribution in [0.4, 0.5) is 0 Å². The molecule has 0 aromatic rings. The lowest BCUT2D eigenvalue weighted by Gasteiger charge is -2.44. The fourth-order valence-electron chi connectivity index (χ4n) is 2.87. The summed E-state index contributed by atoms with van der Waals surface area (Å²) < 4.78 is 31.7. The number of methoxy groups -OCH3 is 1. The standard InChI is InChI=1S/C20H25NO11S2/c1-9(22)28-8-14-15(29-10(2)23)16(30-11(3)24)17(31-12(4)25)19(32-14)34-20(33-6)13(7-21)18(26)27-5/h14-17,19H,8H2,1-6H3/b20-13+/t14-,15-,16+,17-,19+/m1/s1. The highest BCUT2D eigenvalue weighted by molar-refractivity contribution is 8.22. The molecule has 1 fully saturated rings. The molecule has 5 atom stereocenters. The van der Waals surface area contributed by atoms with Crippen LogP contribution in [0.3, 0.4) is 0 Å². The van der Waals surface area contributed by atoms with Gasteiger partial charge in [-0.3, -0.25) is 19.2 Å². The van der Waals surface area contributed by atoms with Gasteiger partial charge in [-0.15, -0.1) is 11.8 Å². The number of hydrogen-bond acceptors (Lipinski definition) is 14. The summed E-state index contributed by atoms with van der Waals surface area (Å²) in [7, 11) is 1.11. The van der Waals surface area contributed by atoms with Gasteiger partial charge in [0, 0.05) is 27.7 Å². The lowest BCUT2D eigenvalue weighted by atomic mass is 9.99. The van der Waals surface area contributed by atoms with E-state index in [1.807, 2.05) is 0 Å². The maximum absolute atomic E-state index is 12.0. The summed E-state index contributed by atoms with van der Waals surface area (Å²) in [4.78, 5) is 58.9. The minimum atomic E-state index is -1.36. The lowest BCUT2D eigenvalue weighted by molar-refractivity contribution is -0.237. The van der Waals surface area contributed by atoms with Crippen LogP contribution >= 0.6 is 23.5 Å². The Hall–Kier alpha value is -2.76. The van der Waals surface area contributed by atoms with Gasteiger partial charge in [-0.05, 0) is 6.26 Å². The third kappa shape index (κ3) is 8.54. The van der Waals surface area contributed by atoms with Crippen molar-refractivity contribution in [3.63, 3.8) is 0 Å². The van der Waals surface area contributed by atoms with Gasteiger partial charge in [-0.1, -0.05) is 11.8 Å². The summed E-state index contributed by atoms with van der Waals surface area (Å²) in [6.07, 6.45) is -3.55. The Morgan fingerprint density at radius 3 is 1.85 bits per heavy atom. The molecule has 1 heterocycles. The molecular weight excluding hydrogens is 494 g/mol. The second-order valence-corrected chi connectivity index (χ2v) is 8.84. The van der Waals surface area contributed by atoms with E-state index in [2.05, 4.69) is 4.74 Å². The number of rotatable bonds is 9. The molecule has 0 amide bonds. The minimum absolute atomic E-state index is 0.162. The Morgan fingerprint density at radius 1 is 0.882 bits per heavy atom. The van der Waals surface area contributed by atoms with Gasteiger partial charge in [0.1, 0.15) is 24.2 Å². The summed E-state index contributed by atoms with van der Waals surface area (Å²) in [5.41, 5.74) is -1.50. The van der Waals surface area contributed by atoms with Crippen molar-refractivity contribution < 1.29 is 52.4 Å². The molecule has 1 aliphatic heterocycles. The first-order valence-corrected chi connectivity index (χ1v) is 11.8. The van der Waals surface area contributed by atoms with Crippen LogP contribution in [0.25, 0.3) is 0 Å². The number of carbonyl (C=O) groups is 5. The molecule has 0 aliphatic carbocycles. The van der Waals surface area contributed by atoms with E-state index < -0.39 is 66.3 Å². The normalized spacial score (nSPS) is 24.6. The largest absolute Gasteiger partial charge is 0.465 e. The molecule has 0 spiro atoms. The van der Waals surface area contributed by atoms with Crippen LogP contribution in [0.5, 0.6) is 0 Å². The Kier molecular flexibility index (Phi) is 11.9. The maximum atomic E-state index is 12.0. The third-order valence-corrected chi connectivity index (χ3v) is 6.46. The molecule has 14 heteroatoms. The van der Waals surface area contributed by atoms with Crippen molar-refractivity contribution in [1.29, 1.82) is 5.26 Å². The van der Waals surface area contributed by atoms with Crippen LogP contribution in [0, 0.1) is 11.3 Å². The second kappa shape index (κ2) is 13.8. The van der Waals surface area contributed by atoms with Crippen LogP contribution in [0.2, 0.25) is 0 Å². The lowest BCUT2D eigenvalue weighted by Crippen LogP contribution is -2.61. The highest BCUT2D eigenvalue weighted by atomic mass is 32.2. The van der Waals surface area contributed by atoms with Crippen LogP contribution in [-0.4, -0.2) is 79.7 Å². The molecule has 0 N–H and O–H groups in total. The van der Waals surface area contributed by atoms with Crippen LogP contribution in [0.1, 0.15) is 27.7 Å². The van der Waals surface area contributed by atoms with Crippen LogP contribution < -0.4 is 0 Å². The zero-order valence-electron chi connectivity index (χ0n) is 19.3. The van der Waals surface area contributed by atoms with Crippen molar-refractivity contribution in [2.75, 3.05) is 20.0 Å². The molecule has 1 aliphatic rings. The van der Waals surface area contributed by atoms with Gasteiger partial charge >= 0.3 is 29.8 Å². The summed E-state index contributed by atoms with van der Waals surface area (Å²) >= 11 is 1.86. The smallest absolute Gasteiger partial charge is 0.350 e. The highest BCUT2D eigenvalue weighted by Crippen LogP contribution is 2.41. The molecule has 0 aromatic heterocycles. The zero-order chi connectivity index (χ0) is 26.0. The topological polar surface area (TPSA) is 165 Å². The molecular formula is C20H25NO11S2. The summed E-state index contributed by atoms with van der Waals surface area (Å²) in [6, 6.07) is 1.75. The van der Waals surface area contributed by atoms with E-state index in [0.717, 1.165) is 58.3 Å². The van der Waals surface area contributed by atoms with Gasteiger partial charge in [0.05, 0.1) is 11.3 Å². The van der Waals surface area contributed by atoms with Crippen molar-refractivity contribution in [2.45, 2.75) is 57.5 Å². The monoisotopic (exact) mass is 519 g/mol. The molecule has 0 radical (unpaired) electrons. The van der Waals surface area contributed by atoms with Crippen molar-refractivity contribution in [3.8, 4) is 6.07 Å². The van der Waals surface area contributed by atoms with Crippen LogP contribution in [0.15, 0.2) is 9.81 Å². The van der Waals surface area contributed by atoms with E-state index in [1.165, 1.54) is 0 Å². The molecule has 188 valence electrons. The molecule has 0 unspecified atom stereocenters. The first-order chi connectivity index (χ1) is 15.9. The van der Waals surface area contributed by atoms with Gasteiger partial charge in [-0.25, -0.2) is 4.79 Å². The molecule has 1 saturated heterocycles. The molecule has 34 heavy (non-hydrogen) atoms. The Labute approximate surface area is 204 Å². The first kappa shape index (κ1) is 29.3. The number of nitriles is 1. The number of esters is 5. The fourth-order valence-corrected chi connectivity index (χ4v) is 4.88. The number of hydrogen-bond donors (Lipinski definition) is 0. The number of ether oxygens (including phenoxy) is 6. The Balaban J connectivity index is 3.57. The van der Waals surface area contributed by atoms with Gasteiger partial charge in [-0.2, -0.15) is 5.26 Å². The second-order valence-electron chi connectivity index (χ2n) is 6.66. The van der Waals surface area contributed by atoms with E-state index in [4.69, 9.17) is 23.7 Å². The van der Waals surface area contributed by atoms with Gasteiger partial charge < -0.3 is 28.4 Å². The molecule has 0 bridgehead atoms.